The smallest absolute Gasteiger partial charge is 0.326 e. The van der Waals surface area contributed by atoms with Crippen molar-refractivity contribution in [3.63, 3.8) is 0 Å². The molecule has 0 fully saturated rings. The minimum atomic E-state index is -1.09. The third kappa shape index (κ3) is 19.4. The molecule has 6 nitrogen and oxygen atoms in total. The Bertz CT molecular complexity index is 464. The van der Waals surface area contributed by atoms with Crippen molar-refractivity contribution < 1.29 is 24.3 Å². The van der Waals surface area contributed by atoms with Crippen LogP contribution in [0.2, 0.25) is 0 Å². The number of amides is 1. The van der Waals surface area contributed by atoms with E-state index in [1.807, 2.05) is 0 Å². The van der Waals surface area contributed by atoms with Crippen LogP contribution < -0.4 is 5.32 Å². The Balaban J connectivity index is 3.46. The van der Waals surface area contributed by atoms with Crippen LogP contribution in [0, 0.1) is 0 Å². The summed E-state index contributed by atoms with van der Waals surface area (Å²) >= 11 is 0. The van der Waals surface area contributed by atoms with E-state index in [2.05, 4.69) is 5.32 Å². The quantitative estimate of drug-likeness (QED) is 0.205. The summed E-state index contributed by atoms with van der Waals surface area (Å²) in [6.45, 7) is 1.42. The Morgan fingerprint density at radius 3 is 1.62 bits per heavy atom. The Kier molecular flexibility index (Phi) is 18.4. The van der Waals surface area contributed by atoms with Gasteiger partial charge in [-0.15, -0.1) is 0 Å². The van der Waals surface area contributed by atoms with E-state index in [0.29, 0.717) is 12.8 Å². The Morgan fingerprint density at radius 1 is 0.759 bits per heavy atom. The molecule has 168 valence electrons. The second-order valence-corrected chi connectivity index (χ2v) is 8.00. The van der Waals surface area contributed by atoms with Gasteiger partial charge in [-0.1, -0.05) is 70.6 Å². The molecule has 0 aliphatic heterocycles. The molecule has 29 heavy (non-hydrogen) atoms. The number of carboxylic acid groups (broad SMARTS) is 1. The van der Waals surface area contributed by atoms with Crippen LogP contribution in [0.4, 0.5) is 0 Å². The normalized spacial score (nSPS) is 11.8. The van der Waals surface area contributed by atoms with Crippen molar-refractivity contribution in [2.75, 3.05) is 0 Å². The number of unbranched alkanes of at least 4 members (excludes halogenated alkanes) is 13. The maximum atomic E-state index is 11.9. The molecule has 0 aromatic heterocycles. The summed E-state index contributed by atoms with van der Waals surface area (Å²) in [6, 6.07) is -0.970. The lowest BCUT2D eigenvalue weighted by atomic mass is 10.0. The fraction of sp³-hybridized carbons (Fsp3) is 0.826. The van der Waals surface area contributed by atoms with Crippen LogP contribution in [-0.2, 0) is 19.2 Å². The highest BCUT2D eigenvalue weighted by molar-refractivity contribution is 5.84. The molecule has 0 rings (SSSR count). The molecule has 1 unspecified atom stereocenters. The molecule has 0 aliphatic rings. The Labute approximate surface area is 176 Å². The number of hydrogen-bond donors (Lipinski definition) is 2. The Morgan fingerprint density at radius 2 is 1.21 bits per heavy atom. The summed E-state index contributed by atoms with van der Waals surface area (Å²) in [5.74, 6) is -1.40. The summed E-state index contributed by atoms with van der Waals surface area (Å²) in [5, 5.41) is 11.6. The second-order valence-electron chi connectivity index (χ2n) is 8.00. The first-order valence-electron chi connectivity index (χ1n) is 11.4. The van der Waals surface area contributed by atoms with Gasteiger partial charge in [-0.25, -0.2) is 4.79 Å². The lowest BCUT2D eigenvalue weighted by Gasteiger charge is -2.13. The van der Waals surface area contributed by atoms with Crippen molar-refractivity contribution in [2.45, 2.75) is 122 Å². The van der Waals surface area contributed by atoms with Crippen LogP contribution >= 0.6 is 0 Å². The van der Waals surface area contributed by atoms with Crippen molar-refractivity contribution in [3.05, 3.63) is 0 Å². The number of Topliss-reactive ketones (excluding diaryl/α,β-unsaturated/α-hetero) is 1. The third-order valence-electron chi connectivity index (χ3n) is 5.14. The summed E-state index contributed by atoms with van der Waals surface area (Å²) < 4.78 is 0. The number of nitrogens with one attached hydrogen (secondary N) is 1. The van der Waals surface area contributed by atoms with Gasteiger partial charge in [-0.3, -0.25) is 4.79 Å². The molecule has 1 atom stereocenters. The van der Waals surface area contributed by atoms with Gasteiger partial charge in [-0.2, -0.15) is 0 Å². The van der Waals surface area contributed by atoms with Gasteiger partial charge in [0.1, 0.15) is 18.1 Å². The summed E-state index contributed by atoms with van der Waals surface area (Å²) in [5.41, 5.74) is 0. The number of carbonyl (C=O) groups excluding carboxylic acids is 3. The predicted octanol–water partition coefficient (Wildman–Crippen LogP) is 4.98. The van der Waals surface area contributed by atoms with Crippen LogP contribution in [-0.4, -0.2) is 35.1 Å². The van der Waals surface area contributed by atoms with E-state index in [1.54, 1.807) is 0 Å². The molecular weight excluding hydrogens is 370 g/mol. The van der Waals surface area contributed by atoms with Crippen LogP contribution in [0.15, 0.2) is 0 Å². The average molecular weight is 412 g/mol. The van der Waals surface area contributed by atoms with E-state index in [4.69, 9.17) is 5.11 Å². The SMILES string of the molecule is CC(=O)CCC(NC(=O)CCCCCCCCCCCCCCCC=O)C(=O)O. The van der Waals surface area contributed by atoms with Gasteiger partial charge in [0.25, 0.3) is 0 Å². The first-order valence-corrected chi connectivity index (χ1v) is 11.4. The zero-order valence-corrected chi connectivity index (χ0v) is 18.3. The summed E-state index contributed by atoms with van der Waals surface area (Å²) in [7, 11) is 0. The molecule has 0 aromatic rings. The molecule has 0 saturated carbocycles. The summed E-state index contributed by atoms with van der Waals surface area (Å²) in [4.78, 5) is 44.2. The number of hydrogen-bond acceptors (Lipinski definition) is 4. The van der Waals surface area contributed by atoms with Crippen LogP contribution in [0.3, 0.4) is 0 Å². The van der Waals surface area contributed by atoms with E-state index in [9.17, 15) is 19.2 Å². The molecule has 0 bridgehead atoms. The van der Waals surface area contributed by atoms with E-state index in [-0.39, 0.29) is 24.5 Å². The van der Waals surface area contributed by atoms with E-state index >= 15 is 0 Å². The van der Waals surface area contributed by atoms with Gasteiger partial charge in [0.15, 0.2) is 0 Å². The fourth-order valence-electron chi connectivity index (χ4n) is 3.33. The molecule has 0 heterocycles. The van der Waals surface area contributed by atoms with Crippen LogP contribution in [0.1, 0.15) is 116 Å². The van der Waals surface area contributed by atoms with Crippen LogP contribution in [0.5, 0.6) is 0 Å². The van der Waals surface area contributed by atoms with E-state index < -0.39 is 12.0 Å². The predicted molar refractivity (Wildman–Crippen MR) is 115 cm³/mol. The first-order chi connectivity index (χ1) is 14.0. The van der Waals surface area contributed by atoms with E-state index in [0.717, 1.165) is 32.0 Å². The number of ketones is 1. The average Bonchev–Trinajstić information content (AvgIpc) is 2.67. The molecule has 1 amide bonds. The standard InChI is InChI=1S/C23H41NO5/c1-20(26)17-18-21(23(28)29)24-22(27)16-14-12-10-8-6-4-2-3-5-7-9-11-13-15-19-25/h19,21H,2-18H2,1H3,(H,24,27)(H,28,29). The van der Waals surface area contributed by atoms with Crippen molar-refractivity contribution >= 4 is 23.9 Å². The number of carboxylic acids is 1. The van der Waals surface area contributed by atoms with Gasteiger partial charge in [0, 0.05) is 19.3 Å². The number of aldehydes is 1. The maximum Gasteiger partial charge on any atom is 0.326 e. The van der Waals surface area contributed by atoms with Gasteiger partial charge < -0.3 is 20.0 Å². The number of carbonyl (C=O) groups is 4. The van der Waals surface area contributed by atoms with Crippen LogP contribution in [0.25, 0.3) is 0 Å². The van der Waals surface area contributed by atoms with Gasteiger partial charge in [-0.05, 0) is 26.2 Å². The lowest BCUT2D eigenvalue weighted by molar-refractivity contribution is -0.142. The monoisotopic (exact) mass is 411 g/mol. The second kappa shape index (κ2) is 19.6. The molecular formula is C23H41NO5. The zero-order chi connectivity index (χ0) is 21.7. The minimum absolute atomic E-state index is 0.0726. The van der Waals surface area contributed by atoms with Crippen molar-refractivity contribution in [2.24, 2.45) is 0 Å². The first kappa shape index (κ1) is 27.3. The molecule has 0 radical (unpaired) electrons. The molecule has 6 heteroatoms. The van der Waals surface area contributed by atoms with Gasteiger partial charge >= 0.3 is 5.97 Å². The largest absolute Gasteiger partial charge is 0.480 e. The highest BCUT2D eigenvalue weighted by Gasteiger charge is 2.19. The highest BCUT2D eigenvalue weighted by Crippen LogP contribution is 2.13. The molecule has 0 aliphatic carbocycles. The van der Waals surface area contributed by atoms with Gasteiger partial charge in [0.2, 0.25) is 5.91 Å². The number of rotatable bonds is 21. The Hall–Kier alpha value is -1.72. The third-order valence-corrected chi connectivity index (χ3v) is 5.14. The van der Waals surface area contributed by atoms with E-state index in [1.165, 1.54) is 64.7 Å². The van der Waals surface area contributed by atoms with Crippen molar-refractivity contribution in [1.29, 1.82) is 0 Å². The fourth-order valence-corrected chi connectivity index (χ4v) is 3.33. The minimum Gasteiger partial charge on any atom is -0.480 e. The summed E-state index contributed by atoms with van der Waals surface area (Å²) in [6.07, 6.45) is 17.5. The lowest BCUT2D eigenvalue weighted by Crippen LogP contribution is -2.40. The molecule has 0 spiro atoms. The molecule has 0 aromatic carbocycles. The zero-order valence-electron chi connectivity index (χ0n) is 18.3. The molecule has 0 saturated heterocycles. The van der Waals surface area contributed by atoms with Gasteiger partial charge in [0.05, 0.1) is 0 Å². The maximum absolute atomic E-state index is 11.9. The topological polar surface area (TPSA) is 101 Å². The van der Waals surface area contributed by atoms with Crippen molar-refractivity contribution in [1.82, 2.24) is 5.32 Å². The molecule has 2 N–H and O–H groups in total. The highest BCUT2D eigenvalue weighted by atomic mass is 16.4. The number of aliphatic carboxylic acids is 1. The van der Waals surface area contributed by atoms with Crippen molar-refractivity contribution in [3.8, 4) is 0 Å².